The quantitative estimate of drug-likeness (QED) is 0.485. The van der Waals surface area contributed by atoms with Crippen LogP contribution in [0.1, 0.15) is 26.7 Å². The predicted octanol–water partition coefficient (Wildman–Crippen LogP) is 0.531. The molecule has 0 aromatic rings. The van der Waals surface area contributed by atoms with Crippen molar-refractivity contribution in [2.75, 3.05) is 0 Å². The lowest BCUT2D eigenvalue weighted by Gasteiger charge is -2.22. The van der Waals surface area contributed by atoms with Gasteiger partial charge in [-0.25, -0.2) is 4.79 Å². The number of hydrogen-bond donors (Lipinski definition) is 2. The summed E-state index contributed by atoms with van der Waals surface area (Å²) < 4.78 is 0. The van der Waals surface area contributed by atoms with Gasteiger partial charge in [0.1, 0.15) is 5.41 Å². The van der Waals surface area contributed by atoms with Gasteiger partial charge in [-0.1, -0.05) is 13.8 Å². The van der Waals surface area contributed by atoms with Gasteiger partial charge in [-0.15, -0.1) is 0 Å². The van der Waals surface area contributed by atoms with Crippen molar-refractivity contribution >= 4 is 17.7 Å². The summed E-state index contributed by atoms with van der Waals surface area (Å²) in [5, 5.41) is 17.2. The van der Waals surface area contributed by atoms with E-state index in [4.69, 9.17) is 10.2 Å². The minimum Gasteiger partial charge on any atom is -0.480 e. The van der Waals surface area contributed by atoms with Crippen LogP contribution in [0, 0.1) is 5.41 Å². The fourth-order valence-corrected chi connectivity index (χ4v) is 1.18. The smallest absolute Gasteiger partial charge is 0.373 e. The van der Waals surface area contributed by atoms with Crippen LogP contribution < -0.4 is 0 Å². The monoisotopic (exact) mass is 188 g/mol. The summed E-state index contributed by atoms with van der Waals surface area (Å²) in [7, 11) is 0. The number of carboxylic acid groups (broad SMARTS) is 2. The van der Waals surface area contributed by atoms with Gasteiger partial charge in [0.2, 0.25) is 0 Å². The second-order valence-electron chi connectivity index (χ2n) is 2.73. The van der Waals surface area contributed by atoms with Gasteiger partial charge in [0.25, 0.3) is 5.78 Å². The van der Waals surface area contributed by atoms with Gasteiger partial charge >= 0.3 is 11.9 Å². The summed E-state index contributed by atoms with van der Waals surface area (Å²) >= 11 is 0. The second kappa shape index (κ2) is 4.02. The zero-order chi connectivity index (χ0) is 10.6. The number of ketones is 1. The highest BCUT2D eigenvalue weighted by Gasteiger charge is 2.46. The van der Waals surface area contributed by atoms with Crippen molar-refractivity contribution < 1.29 is 24.6 Å². The zero-order valence-corrected chi connectivity index (χ0v) is 7.53. The molecule has 74 valence electrons. The van der Waals surface area contributed by atoms with Crippen molar-refractivity contribution in [2.45, 2.75) is 26.7 Å². The Kier molecular flexibility index (Phi) is 3.59. The maximum Gasteiger partial charge on any atom is 0.373 e. The number of hydrogen-bond acceptors (Lipinski definition) is 3. The molecule has 0 rings (SSSR count). The Morgan fingerprint density at radius 3 is 1.54 bits per heavy atom. The zero-order valence-electron chi connectivity index (χ0n) is 7.53. The number of rotatable bonds is 5. The van der Waals surface area contributed by atoms with Crippen molar-refractivity contribution in [2.24, 2.45) is 5.41 Å². The molecule has 0 fully saturated rings. The number of carboxylic acids is 2. The topological polar surface area (TPSA) is 91.7 Å². The van der Waals surface area contributed by atoms with Crippen molar-refractivity contribution in [1.29, 1.82) is 0 Å². The highest BCUT2D eigenvalue weighted by molar-refractivity contribution is 6.38. The van der Waals surface area contributed by atoms with E-state index in [0.29, 0.717) is 0 Å². The largest absolute Gasteiger partial charge is 0.480 e. The maximum atomic E-state index is 11.1. The van der Waals surface area contributed by atoms with E-state index < -0.39 is 23.1 Å². The molecule has 0 aliphatic rings. The summed E-state index contributed by atoms with van der Waals surface area (Å²) in [5.74, 6) is -4.30. The first-order chi connectivity index (χ1) is 5.92. The molecule has 13 heavy (non-hydrogen) atoms. The lowest BCUT2D eigenvalue weighted by atomic mass is 9.78. The second-order valence-corrected chi connectivity index (χ2v) is 2.73. The van der Waals surface area contributed by atoms with Crippen molar-refractivity contribution in [3.63, 3.8) is 0 Å². The van der Waals surface area contributed by atoms with Gasteiger partial charge in [-0.3, -0.25) is 9.59 Å². The summed E-state index contributed by atoms with van der Waals surface area (Å²) in [4.78, 5) is 32.2. The number of carbonyl (C=O) groups excluding carboxylic acids is 1. The molecule has 0 saturated heterocycles. The number of carbonyl (C=O) groups is 3. The molecule has 0 aromatic heterocycles. The average Bonchev–Trinajstić information content (AvgIpc) is 2.06. The molecule has 0 atom stereocenters. The Hall–Kier alpha value is -1.39. The van der Waals surface area contributed by atoms with E-state index in [0.717, 1.165) is 0 Å². The van der Waals surface area contributed by atoms with Crippen LogP contribution in [0.4, 0.5) is 0 Å². The highest BCUT2D eigenvalue weighted by Crippen LogP contribution is 2.27. The first-order valence-electron chi connectivity index (χ1n) is 3.93. The SMILES string of the molecule is CCC(CC)(C(=O)O)C(=O)C(=O)O. The van der Waals surface area contributed by atoms with Gasteiger partial charge < -0.3 is 10.2 Å². The molecule has 0 aliphatic carbocycles. The van der Waals surface area contributed by atoms with Gasteiger partial charge in [0.05, 0.1) is 0 Å². The van der Waals surface area contributed by atoms with Crippen LogP contribution in [0.5, 0.6) is 0 Å². The molecule has 0 radical (unpaired) electrons. The van der Waals surface area contributed by atoms with Crippen molar-refractivity contribution in [3.8, 4) is 0 Å². The van der Waals surface area contributed by atoms with Crippen LogP contribution in [-0.2, 0) is 14.4 Å². The lowest BCUT2D eigenvalue weighted by Crippen LogP contribution is -2.42. The molecular weight excluding hydrogens is 176 g/mol. The molecule has 0 unspecified atom stereocenters. The van der Waals surface area contributed by atoms with Crippen molar-refractivity contribution in [3.05, 3.63) is 0 Å². The maximum absolute atomic E-state index is 11.1. The molecule has 0 spiro atoms. The molecule has 0 bridgehead atoms. The van der Waals surface area contributed by atoms with Gasteiger partial charge in [-0.2, -0.15) is 0 Å². The standard InChI is InChI=1S/C8H12O5/c1-3-8(4-2,7(12)13)5(9)6(10)11/h3-4H2,1-2H3,(H,10,11)(H,12,13). The first kappa shape index (κ1) is 11.6. The Balaban J connectivity index is 5.10. The lowest BCUT2D eigenvalue weighted by molar-refractivity contribution is -0.164. The summed E-state index contributed by atoms with van der Waals surface area (Å²) in [6.45, 7) is 2.97. The summed E-state index contributed by atoms with van der Waals surface area (Å²) in [5.41, 5.74) is -1.76. The molecule has 2 N–H and O–H groups in total. The molecule has 0 amide bonds. The predicted molar refractivity (Wildman–Crippen MR) is 43.3 cm³/mol. The first-order valence-corrected chi connectivity index (χ1v) is 3.93. The average molecular weight is 188 g/mol. The molecule has 0 aliphatic heterocycles. The molecule has 0 heterocycles. The fraction of sp³-hybridized carbons (Fsp3) is 0.625. The molecule has 0 saturated carbocycles. The minimum atomic E-state index is -1.76. The third kappa shape index (κ3) is 1.85. The van der Waals surface area contributed by atoms with Crippen LogP contribution in [0.3, 0.4) is 0 Å². The molecule has 5 nitrogen and oxygen atoms in total. The Bertz CT molecular complexity index is 239. The summed E-state index contributed by atoms with van der Waals surface area (Å²) in [6.07, 6.45) is -0.0199. The van der Waals surface area contributed by atoms with E-state index in [1.807, 2.05) is 0 Å². The summed E-state index contributed by atoms with van der Waals surface area (Å²) in [6, 6.07) is 0. The Morgan fingerprint density at radius 2 is 1.46 bits per heavy atom. The van der Waals surface area contributed by atoms with Crippen LogP contribution in [0.2, 0.25) is 0 Å². The minimum absolute atomic E-state index is 0.00995. The third-order valence-electron chi connectivity index (χ3n) is 2.25. The van der Waals surface area contributed by atoms with E-state index in [1.165, 1.54) is 13.8 Å². The van der Waals surface area contributed by atoms with E-state index in [-0.39, 0.29) is 12.8 Å². The normalized spacial score (nSPS) is 10.9. The van der Waals surface area contributed by atoms with Gasteiger partial charge in [-0.05, 0) is 12.8 Å². The van der Waals surface area contributed by atoms with E-state index in [1.54, 1.807) is 0 Å². The fourth-order valence-electron chi connectivity index (χ4n) is 1.18. The van der Waals surface area contributed by atoms with E-state index in [9.17, 15) is 14.4 Å². The highest BCUT2D eigenvalue weighted by atomic mass is 16.4. The van der Waals surface area contributed by atoms with Crippen LogP contribution in [-0.4, -0.2) is 27.9 Å². The van der Waals surface area contributed by atoms with E-state index >= 15 is 0 Å². The van der Waals surface area contributed by atoms with Crippen LogP contribution in [0.25, 0.3) is 0 Å². The van der Waals surface area contributed by atoms with Gasteiger partial charge in [0, 0.05) is 0 Å². The Morgan fingerprint density at radius 1 is 1.08 bits per heavy atom. The number of Topliss-reactive ketones (excluding diaryl/α,β-unsaturated/α-hetero) is 1. The third-order valence-corrected chi connectivity index (χ3v) is 2.25. The van der Waals surface area contributed by atoms with Crippen LogP contribution in [0.15, 0.2) is 0 Å². The molecule has 5 heteroatoms. The van der Waals surface area contributed by atoms with Crippen LogP contribution >= 0.6 is 0 Å². The van der Waals surface area contributed by atoms with Gasteiger partial charge in [0.15, 0.2) is 0 Å². The molecular formula is C8H12O5. The molecule has 0 aromatic carbocycles. The van der Waals surface area contributed by atoms with Crippen molar-refractivity contribution in [1.82, 2.24) is 0 Å². The number of aliphatic carboxylic acids is 2. The van der Waals surface area contributed by atoms with E-state index in [2.05, 4.69) is 0 Å². The Labute approximate surface area is 75.4 Å².